The smallest absolute Gasteiger partial charge is 0.324 e. The maximum Gasteiger partial charge on any atom is 0.324 e. The number of urea groups is 1. The van der Waals surface area contributed by atoms with E-state index in [4.69, 9.17) is 5.11 Å². The van der Waals surface area contributed by atoms with Crippen molar-refractivity contribution in [1.82, 2.24) is 15.1 Å². The zero-order valence-electron chi connectivity index (χ0n) is 9.36. The van der Waals surface area contributed by atoms with Crippen LogP contribution in [-0.2, 0) is 4.79 Å². The van der Waals surface area contributed by atoms with Crippen LogP contribution in [0.4, 0.5) is 4.79 Å². The Morgan fingerprint density at radius 2 is 2.13 bits per heavy atom. The van der Waals surface area contributed by atoms with Crippen molar-refractivity contribution in [1.29, 1.82) is 0 Å². The Morgan fingerprint density at radius 1 is 1.53 bits per heavy atom. The molecule has 87 valence electrons. The predicted octanol–water partition coefficient (Wildman–Crippen LogP) is -0.992. The topological polar surface area (TPSA) is 72.9 Å². The molecule has 1 atom stereocenters. The molecule has 0 fully saturated rings. The summed E-state index contributed by atoms with van der Waals surface area (Å²) in [5.41, 5.74) is 0. The highest BCUT2D eigenvalue weighted by atomic mass is 16.3. The van der Waals surface area contributed by atoms with Crippen LogP contribution < -0.4 is 5.32 Å². The zero-order valence-corrected chi connectivity index (χ0v) is 9.36. The minimum atomic E-state index is -0.554. The van der Waals surface area contributed by atoms with Crippen LogP contribution in [-0.4, -0.2) is 67.2 Å². The van der Waals surface area contributed by atoms with E-state index in [9.17, 15) is 9.59 Å². The number of carbonyl (C=O) groups is 1. The van der Waals surface area contributed by atoms with E-state index < -0.39 is 12.1 Å². The monoisotopic (exact) mass is 216 g/mol. The number of nitrogens with one attached hydrogen (secondary N) is 1. The third kappa shape index (κ3) is 5.34. The molecule has 0 aromatic rings. The van der Waals surface area contributed by atoms with E-state index in [-0.39, 0.29) is 6.61 Å². The van der Waals surface area contributed by atoms with E-state index in [0.29, 0.717) is 13.1 Å². The molecule has 15 heavy (non-hydrogen) atoms. The molecule has 3 amide bonds. The Kier molecular flexibility index (Phi) is 6.64. The summed E-state index contributed by atoms with van der Waals surface area (Å²) in [5, 5.41) is 11.3. The molecule has 0 aromatic heterocycles. The number of hydrogen-bond acceptors (Lipinski definition) is 4. The molecule has 6 heteroatoms. The first kappa shape index (κ1) is 13.9. The Morgan fingerprint density at radius 3 is 2.53 bits per heavy atom. The number of amides is 3. The molecule has 0 rings (SSSR count). The predicted molar refractivity (Wildman–Crippen MR) is 56.0 cm³/mol. The zero-order chi connectivity index (χ0) is 11.8. The number of nitrogens with zero attached hydrogens (tertiary/aromatic N) is 2. The number of likely N-dealkylation sites (N-methyl/N-ethyl adjacent to an activating group) is 1. The largest absolute Gasteiger partial charge is 0.394 e. The Balaban J connectivity index is 3.99. The lowest BCUT2D eigenvalue weighted by Gasteiger charge is -2.21. The van der Waals surface area contributed by atoms with Gasteiger partial charge in [0, 0.05) is 13.1 Å². The van der Waals surface area contributed by atoms with Gasteiger partial charge in [-0.3, -0.25) is 9.69 Å². The third-order valence-corrected chi connectivity index (χ3v) is 1.86. The molecule has 2 N–H and O–H groups in total. The van der Waals surface area contributed by atoms with Gasteiger partial charge in [0.15, 0.2) is 0 Å². The van der Waals surface area contributed by atoms with Crippen LogP contribution in [0.15, 0.2) is 0 Å². The summed E-state index contributed by atoms with van der Waals surface area (Å²) >= 11 is 0. The molecule has 0 saturated heterocycles. The highest BCUT2D eigenvalue weighted by Gasteiger charge is 2.19. The number of carbonyl (C=O) groups excluding carboxylic acids is 2. The molecule has 0 saturated carbocycles. The second kappa shape index (κ2) is 7.19. The standard InChI is InChI=1S/C9H18N3O3/c1-8(6-13)12(7-14)9(15)10-4-5-11(2)3/h8,13H,4-6H2,1-3H3,(H,10,15). The van der Waals surface area contributed by atoms with E-state index in [1.54, 1.807) is 6.92 Å². The van der Waals surface area contributed by atoms with Gasteiger partial charge in [0.05, 0.1) is 12.6 Å². The van der Waals surface area contributed by atoms with Crippen molar-refractivity contribution in [3.05, 3.63) is 0 Å². The maximum absolute atomic E-state index is 11.4. The third-order valence-electron chi connectivity index (χ3n) is 1.86. The highest BCUT2D eigenvalue weighted by molar-refractivity contribution is 5.85. The number of aliphatic hydroxyl groups is 1. The van der Waals surface area contributed by atoms with Gasteiger partial charge in [-0.05, 0) is 21.0 Å². The molecule has 0 heterocycles. The number of aliphatic hydroxyl groups excluding tert-OH is 1. The normalized spacial score (nSPS) is 12.3. The summed E-state index contributed by atoms with van der Waals surface area (Å²) in [7, 11) is 3.76. The minimum absolute atomic E-state index is 0.268. The molecule has 0 bridgehead atoms. The quantitative estimate of drug-likeness (QED) is 0.559. The summed E-state index contributed by atoms with van der Waals surface area (Å²) in [6.07, 6.45) is 1.49. The SMILES string of the molecule is CC(CO)N([C]=O)C(=O)NCCN(C)C. The minimum Gasteiger partial charge on any atom is -0.394 e. The second-order valence-corrected chi connectivity index (χ2v) is 3.53. The van der Waals surface area contributed by atoms with Crippen LogP contribution in [0.3, 0.4) is 0 Å². The van der Waals surface area contributed by atoms with Crippen molar-refractivity contribution in [2.45, 2.75) is 13.0 Å². The average Bonchev–Trinajstić information content (AvgIpc) is 2.18. The van der Waals surface area contributed by atoms with Crippen LogP contribution in [0.5, 0.6) is 0 Å². The van der Waals surface area contributed by atoms with Crippen molar-refractivity contribution >= 4 is 12.4 Å². The summed E-state index contributed by atoms with van der Waals surface area (Å²) in [6, 6.07) is -1.09. The Bertz CT molecular complexity index is 209. The van der Waals surface area contributed by atoms with Gasteiger partial charge in [0.1, 0.15) is 0 Å². The van der Waals surface area contributed by atoms with Gasteiger partial charge in [-0.15, -0.1) is 0 Å². The maximum atomic E-state index is 11.4. The molecule has 6 nitrogen and oxygen atoms in total. The van der Waals surface area contributed by atoms with Gasteiger partial charge in [-0.2, -0.15) is 0 Å². The number of imide groups is 1. The van der Waals surface area contributed by atoms with Crippen LogP contribution >= 0.6 is 0 Å². The van der Waals surface area contributed by atoms with Crippen molar-refractivity contribution in [2.75, 3.05) is 33.8 Å². The van der Waals surface area contributed by atoms with Crippen molar-refractivity contribution in [2.24, 2.45) is 0 Å². The van der Waals surface area contributed by atoms with Crippen LogP contribution in [0.2, 0.25) is 0 Å². The molecule has 1 radical (unpaired) electrons. The summed E-state index contributed by atoms with van der Waals surface area (Å²) in [6.45, 7) is 2.43. The lowest BCUT2D eigenvalue weighted by Crippen LogP contribution is -2.46. The molecule has 0 spiro atoms. The number of rotatable bonds is 6. The first-order chi connectivity index (χ1) is 7.02. The second-order valence-electron chi connectivity index (χ2n) is 3.53. The van der Waals surface area contributed by atoms with E-state index >= 15 is 0 Å². The highest BCUT2D eigenvalue weighted by Crippen LogP contribution is 1.94. The van der Waals surface area contributed by atoms with Gasteiger partial charge in [0.25, 0.3) is 0 Å². The lowest BCUT2D eigenvalue weighted by molar-refractivity contribution is 0.175. The summed E-state index contributed by atoms with van der Waals surface area (Å²) in [4.78, 5) is 24.6. The van der Waals surface area contributed by atoms with E-state index in [0.717, 1.165) is 4.90 Å². The van der Waals surface area contributed by atoms with E-state index in [2.05, 4.69) is 5.32 Å². The Hall–Kier alpha value is -1.14. The van der Waals surface area contributed by atoms with Gasteiger partial charge in [-0.1, -0.05) is 0 Å². The average molecular weight is 216 g/mol. The molecule has 0 aliphatic heterocycles. The molecular weight excluding hydrogens is 198 g/mol. The van der Waals surface area contributed by atoms with Gasteiger partial charge >= 0.3 is 12.4 Å². The Labute approximate surface area is 89.8 Å². The lowest BCUT2D eigenvalue weighted by atomic mass is 10.3. The molecule has 1 unspecified atom stereocenters. The fraction of sp³-hybridized carbons (Fsp3) is 0.778. The van der Waals surface area contributed by atoms with Gasteiger partial charge < -0.3 is 15.3 Å². The summed E-state index contributed by atoms with van der Waals surface area (Å²) in [5.74, 6) is 0. The molecule has 0 aromatic carbocycles. The van der Waals surface area contributed by atoms with Crippen molar-refractivity contribution in [3.63, 3.8) is 0 Å². The van der Waals surface area contributed by atoms with Crippen LogP contribution in [0.25, 0.3) is 0 Å². The van der Waals surface area contributed by atoms with Crippen LogP contribution in [0.1, 0.15) is 6.92 Å². The van der Waals surface area contributed by atoms with Gasteiger partial charge in [0.2, 0.25) is 0 Å². The first-order valence-corrected chi connectivity index (χ1v) is 4.73. The van der Waals surface area contributed by atoms with Crippen molar-refractivity contribution in [3.8, 4) is 0 Å². The summed E-state index contributed by atoms with van der Waals surface area (Å²) < 4.78 is 0. The molecule has 0 aliphatic carbocycles. The molecule has 0 aliphatic rings. The fourth-order valence-corrected chi connectivity index (χ4v) is 0.885. The first-order valence-electron chi connectivity index (χ1n) is 4.73. The van der Waals surface area contributed by atoms with E-state index in [1.807, 2.05) is 19.0 Å². The molecular formula is C9H18N3O3. The van der Waals surface area contributed by atoms with E-state index in [1.165, 1.54) is 6.41 Å². The van der Waals surface area contributed by atoms with Crippen LogP contribution in [0, 0.1) is 0 Å². The fourth-order valence-electron chi connectivity index (χ4n) is 0.885. The van der Waals surface area contributed by atoms with Crippen molar-refractivity contribution < 1.29 is 14.7 Å². The number of hydrogen-bond donors (Lipinski definition) is 2. The van der Waals surface area contributed by atoms with Gasteiger partial charge in [-0.25, -0.2) is 4.79 Å².